The highest BCUT2D eigenvalue weighted by molar-refractivity contribution is 5.98. The standard InChI is InChI=1S/C15H19F2NO5/c1-3-5-9(14(20)21)8-18-13(19)10-6-4-7-11(22-2)12(10)23-15(16)17/h4,6-7,9,15H,3,5,8H2,1-2H3,(H,18,19)(H,20,21). The molecule has 1 aromatic carbocycles. The van der Waals surface area contributed by atoms with Gasteiger partial charge in [-0.3, -0.25) is 9.59 Å². The molecule has 23 heavy (non-hydrogen) atoms. The number of hydrogen-bond donors (Lipinski definition) is 2. The molecular weight excluding hydrogens is 312 g/mol. The predicted molar refractivity (Wildman–Crippen MR) is 78.0 cm³/mol. The molecule has 0 radical (unpaired) electrons. The molecule has 0 saturated carbocycles. The van der Waals surface area contributed by atoms with Crippen LogP contribution in [0.15, 0.2) is 18.2 Å². The summed E-state index contributed by atoms with van der Waals surface area (Å²) in [5.74, 6) is -2.87. The Labute approximate surface area is 132 Å². The van der Waals surface area contributed by atoms with Crippen molar-refractivity contribution < 1.29 is 33.0 Å². The van der Waals surface area contributed by atoms with E-state index in [4.69, 9.17) is 9.84 Å². The largest absolute Gasteiger partial charge is 0.493 e. The van der Waals surface area contributed by atoms with Crippen molar-refractivity contribution in [2.45, 2.75) is 26.4 Å². The SMILES string of the molecule is CCCC(CNC(=O)c1cccc(OC)c1OC(F)F)C(=O)O. The number of amides is 1. The first-order chi connectivity index (χ1) is 10.9. The van der Waals surface area contributed by atoms with Crippen LogP contribution in [0, 0.1) is 5.92 Å². The maximum Gasteiger partial charge on any atom is 0.387 e. The lowest BCUT2D eigenvalue weighted by Crippen LogP contribution is -2.33. The number of carboxylic acids is 1. The van der Waals surface area contributed by atoms with Crippen molar-refractivity contribution in [2.24, 2.45) is 5.92 Å². The Morgan fingerprint density at radius 2 is 2.04 bits per heavy atom. The van der Waals surface area contributed by atoms with Gasteiger partial charge in [0, 0.05) is 6.54 Å². The van der Waals surface area contributed by atoms with Crippen molar-refractivity contribution in [2.75, 3.05) is 13.7 Å². The molecule has 0 heterocycles. The van der Waals surface area contributed by atoms with Gasteiger partial charge in [0.25, 0.3) is 5.91 Å². The molecule has 1 rings (SSSR count). The maximum absolute atomic E-state index is 12.5. The highest BCUT2D eigenvalue weighted by atomic mass is 19.3. The van der Waals surface area contributed by atoms with E-state index in [0.717, 1.165) is 0 Å². The number of carbonyl (C=O) groups excluding carboxylic acids is 1. The number of alkyl halides is 2. The number of nitrogens with one attached hydrogen (secondary N) is 1. The van der Waals surface area contributed by atoms with E-state index in [1.165, 1.54) is 25.3 Å². The maximum atomic E-state index is 12.5. The average molecular weight is 331 g/mol. The van der Waals surface area contributed by atoms with E-state index in [0.29, 0.717) is 12.8 Å². The minimum absolute atomic E-state index is 0.0127. The minimum Gasteiger partial charge on any atom is -0.493 e. The Balaban J connectivity index is 2.92. The van der Waals surface area contributed by atoms with Crippen LogP contribution >= 0.6 is 0 Å². The molecule has 1 atom stereocenters. The van der Waals surface area contributed by atoms with Gasteiger partial charge in [0.1, 0.15) is 0 Å². The molecule has 0 spiro atoms. The van der Waals surface area contributed by atoms with E-state index < -0.39 is 24.4 Å². The quantitative estimate of drug-likeness (QED) is 0.726. The number of hydrogen-bond acceptors (Lipinski definition) is 4. The molecule has 0 aromatic heterocycles. The van der Waals surface area contributed by atoms with Crippen LogP contribution in [0.1, 0.15) is 30.1 Å². The second kappa shape index (κ2) is 8.92. The summed E-state index contributed by atoms with van der Waals surface area (Å²) < 4.78 is 34.3. The molecule has 128 valence electrons. The van der Waals surface area contributed by atoms with Crippen molar-refractivity contribution in [3.63, 3.8) is 0 Å². The fraction of sp³-hybridized carbons (Fsp3) is 0.467. The predicted octanol–water partition coefficient (Wildman–Crippen LogP) is 2.53. The van der Waals surface area contributed by atoms with E-state index in [1.54, 1.807) is 0 Å². The molecule has 0 aliphatic rings. The van der Waals surface area contributed by atoms with Gasteiger partial charge in [-0.2, -0.15) is 8.78 Å². The summed E-state index contributed by atoms with van der Waals surface area (Å²) in [5, 5.41) is 11.5. The number of para-hydroxylation sites is 1. The molecule has 0 fully saturated rings. The molecular formula is C15H19F2NO5. The van der Waals surface area contributed by atoms with Gasteiger partial charge in [0.05, 0.1) is 18.6 Å². The molecule has 0 aliphatic carbocycles. The molecule has 0 bridgehead atoms. The van der Waals surface area contributed by atoms with Crippen LogP contribution in [-0.4, -0.2) is 37.2 Å². The lowest BCUT2D eigenvalue weighted by molar-refractivity contribution is -0.141. The molecule has 0 saturated heterocycles. The van der Waals surface area contributed by atoms with Crippen LogP contribution in [0.4, 0.5) is 8.78 Å². The zero-order valence-electron chi connectivity index (χ0n) is 12.8. The number of aliphatic carboxylic acids is 1. The number of carboxylic acid groups (broad SMARTS) is 1. The van der Waals surface area contributed by atoms with Crippen molar-refractivity contribution in [3.05, 3.63) is 23.8 Å². The number of rotatable bonds is 9. The van der Waals surface area contributed by atoms with Gasteiger partial charge in [-0.1, -0.05) is 19.4 Å². The summed E-state index contributed by atoms with van der Waals surface area (Å²) in [6.07, 6.45) is 1.04. The van der Waals surface area contributed by atoms with E-state index >= 15 is 0 Å². The highest BCUT2D eigenvalue weighted by Gasteiger charge is 2.22. The Morgan fingerprint density at radius 3 is 2.57 bits per heavy atom. The van der Waals surface area contributed by atoms with Crippen LogP contribution in [0.25, 0.3) is 0 Å². The zero-order valence-corrected chi connectivity index (χ0v) is 12.8. The van der Waals surface area contributed by atoms with Gasteiger partial charge in [-0.05, 0) is 18.6 Å². The first-order valence-corrected chi connectivity index (χ1v) is 7.03. The lowest BCUT2D eigenvalue weighted by atomic mass is 10.0. The van der Waals surface area contributed by atoms with Crippen LogP contribution < -0.4 is 14.8 Å². The fourth-order valence-electron chi connectivity index (χ4n) is 2.04. The number of carbonyl (C=O) groups is 2. The van der Waals surface area contributed by atoms with Gasteiger partial charge >= 0.3 is 12.6 Å². The topological polar surface area (TPSA) is 84.9 Å². The smallest absolute Gasteiger partial charge is 0.387 e. The Bertz CT molecular complexity index is 551. The molecule has 0 aliphatic heterocycles. The third-order valence-electron chi connectivity index (χ3n) is 3.15. The van der Waals surface area contributed by atoms with Gasteiger partial charge in [-0.25, -0.2) is 0 Å². The molecule has 1 aromatic rings. The van der Waals surface area contributed by atoms with Crippen LogP contribution in [0.3, 0.4) is 0 Å². The van der Waals surface area contributed by atoms with Gasteiger partial charge in [-0.15, -0.1) is 0 Å². The second-order valence-electron chi connectivity index (χ2n) is 4.75. The van der Waals surface area contributed by atoms with Gasteiger partial charge in [0.2, 0.25) is 0 Å². The van der Waals surface area contributed by atoms with Crippen LogP contribution in [-0.2, 0) is 4.79 Å². The van der Waals surface area contributed by atoms with E-state index in [1.807, 2.05) is 6.92 Å². The van der Waals surface area contributed by atoms with Crippen molar-refractivity contribution in [1.29, 1.82) is 0 Å². The van der Waals surface area contributed by atoms with E-state index in [-0.39, 0.29) is 23.6 Å². The van der Waals surface area contributed by atoms with Gasteiger partial charge in [0.15, 0.2) is 11.5 Å². The van der Waals surface area contributed by atoms with Gasteiger partial charge < -0.3 is 19.9 Å². The van der Waals surface area contributed by atoms with E-state index in [2.05, 4.69) is 10.1 Å². The number of methoxy groups -OCH3 is 1. The number of ether oxygens (including phenoxy) is 2. The van der Waals surface area contributed by atoms with Crippen LogP contribution in [0.2, 0.25) is 0 Å². The monoisotopic (exact) mass is 331 g/mol. The van der Waals surface area contributed by atoms with Crippen LogP contribution in [0.5, 0.6) is 11.5 Å². The molecule has 6 nitrogen and oxygen atoms in total. The Hall–Kier alpha value is -2.38. The third kappa shape index (κ3) is 5.39. The normalized spacial score (nSPS) is 11.9. The summed E-state index contributed by atoms with van der Waals surface area (Å²) >= 11 is 0. The summed E-state index contributed by atoms with van der Waals surface area (Å²) in [6.45, 7) is -1.40. The van der Waals surface area contributed by atoms with Crippen molar-refractivity contribution >= 4 is 11.9 Å². The highest BCUT2D eigenvalue weighted by Crippen LogP contribution is 2.32. The fourth-order valence-corrected chi connectivity index (χ4v) is 2.04. The number of benzene rings is 1. The Kier molecular flexibility index (Phi) is 7.24. The molecule has 1 unspecified atom stereocenters. The third-order valence-corrected chi connectivity index (χ3v) is 3.15. The Morgan fingerprint density at radius 1 is 1.35 bits per heavy atom. The first kappa shape index (κ1) is 18.7. The first-order valence-electron chi connectivity index (χ1n) is 7.03. The average Bonchev–Trinajstić information content (AvgIpc) is 2.50. The summed E-state index contributed by atoms with van der Waals surface area (Å²) in [4.78, 5) is 23.2. The summed E-state index contributed by atoms with van der Waals surface area (Å²) in [7, 11) is 1.26. The minimum atomic E-state index is -3.12. The zero-order chi connectivity index (χ0) is 17.4. The summed E-state index contributed by atoms with van der Waals surface area (Å²) in [5.41, 5.74) is -0.148. The number of halogens is 2. The van der Waals surface area contributed by atoms with Crippen molar-refractivity contribution in [1.82, 2.24) is 5.32 Å². The molecule has 1 amide bonds. The molecule has 8 heteroatoms. The lowest BCUT2D eigenvalue weighted by Gasteiger charge is -2.16. The summed E-state index contributed by atoms with van der Waals surface area (Å²) in [6, 6.07) is 4.13. The molecule has 2 N–H and O–H groups in total. The second-order valence-corrected chi connectivity index (χ2v) is 4.75. The van der Waals surface area contributed by atoms with Crippen molar-refractivity contribution in [3.8, 4) is 11.5 Å². The van der Waals surface area contributed by atoms with E-state index in [9.17, 15) is 18.4 Å².